The molecule has 12 nitrogen and oxygen atoms in total. The van der Waals surface area contributed by atoms with Gasteiger partial charge >= 0.3 is 5.97 Å². The molecule has 0 aliphatic heterocycles. The zero-order chi connectivity index (χ0) is 18.0. The average molecular weight is 362 g/mol. The number of rotatable bonds is 5. The van der Waals surface area contributed by atoms with Crippen molar-refractivity contribution in [1.29, 1.82) is 0 Å². The highest BCUT2D eigenvalue weighted by Crippen LogP contribution is 2.15. The SMILES string of the molecule is Cc1c(C(=O)NN=Cc2ccc(C(=O)O)s2)nnn1-c1nonc1N. The third-order valence-corrected chi connectivity index (χ3v) is 4.01. The quantitative estimate of drug-likeness (QED) is 0.418. The van der Waals surface area contributed by atoms with Crippen molar-refractivity contribution < 1.29 is 19.3 Å². The number of anilines is 1. The number of carbonyl (C=O) groups is 2. The Kier molecular flexibility index (Phi) is 4.21. The van der Waals surface area contributed by atoms with Crippen molar-refractivity contribution in [3.05, 3.63) is 33.3 Å². The van der Waals surface area contributed by atoms with Crippen LogP contribution < -0.4 is 11.2 Å². The maximum atomic E-state index is 12.1. The van der Waals surface area contributed by atoms with Crippen LogP contribution in [0.4, 0.5) is 5.82 Å². The topological polar surface area (TPSA) is 174 Å². The highest BCUT2D eigenvalue weighted by atomic mass is 32.1. The van der Waals surface area contributed by atoms with Gasteiger partial charge in [-0.2, -0.15) is 9.78 Å². The second-order valence-electron chi connectivity index (χ2n) is 4.61. The average Bonchev–Trinajstić information content (AvgIpc) is 3.27. The van der Waals surface area contributed by atoms with Gasteiger partial charge in [-0.1, -0.05) is 5.21 Å². The van der Waals surface area contributed by atoms with Crippen molar-refractivity contribution in [3.63, 3.8) is 0 Å². The van der Waals surface area contributed by atoms with Gasteiger partial charge in [-0.25, -0.2) is 14.8 Å². The molecule has 25 heavy (non-hydrogen) atoms. The molecule has 0 atom stereocenters. The van der Waals surface area contributed by atoms with Crippen LogP contribution in [-0.4, -0.2) is 48.5 Å². The number of thiophene rings is 1. The molecular weight excluding hydrogens is 352 g/mol. The number of hydrazone groups is 1. The number of aromatic carboxylic acids is 1. The third-order valence-electron chi connectivity index (χ3n) is 3.00. The maximum absolute atomic E-state index is 12.1. The van der Waals surface area contributed by atoms with Gasteiger partial charge in [0.15, 0.2) is 5.69 Å². The minimum Gasteiger partial charge on any atom is -0.477 e. The fourth-order valence-electron chi connectivity index (χ4n) is 1.82. The van der Waals surface area contributed by atoms with Gasteiger partial charge < -0.3 is 10.8 Å². The third kappa shape index (κ3) is 3.20. The van der Waals surface area contributed by atoms with E-state index in [1.807, 2.05) is 0 Å². The molecule has 0 aromatic carbocycles. The van der Waals surface area contributed by atoms with E-state index in [0.29, 0.717) is 10.6 Å². The van der Waals surface area contributed by atoms with Gasteiger partial charge in [0.25, 0.3) is 5.91 Å². The Morgan fingerprint density at radius 3 is 2.88 bits per heavy atom. The number of carbonyl (C=O) groups excluding carboxylic acids is 1. The molecule has 0 saturated heterocycles. The van der Waals surface area contributed by atoms with E-state index in [1.54, 1.807) is 13.0 Å². The lowest BCUT2D eigenvalue weighted by Gasteiger charge is -1.98. The second kappa shape index (κ2) is 6.48. The molecule has 0 spiro atoms. The summed E-state index contributed by atoms with van der Waals surface area (Å²) in [7, 11) is 0. The predicted molar refractivity (Wildman–Crippen MR) is 84.7 cm³/mol. The van der Waals surface area contributed by atoms with Crippen molar-refractivity contribution in [2.24, 2.45) is 5.10 Å². The van der Waals surface area contributed by atoms with Crippen LogP contribution >= 0.6 is 11.3 Å². The first kappa shape index (κ1) is 16.3. The number of hydrogen-bond donors (Lipinski definition) is 3. The van der Waals surface area contributed by atoms with Crippen LogP contribution in [0.15, 0.2) is 21.9 Å². The lowest BCUT2D eigenvalue weighted by Crippen LogP contribution is -2.19. The monoisotopic (exact) mass is 362 g/mol. The molecule has 3 aromatic heterocycles. The van der Waals surface area contributed by atoms with Crippen LogP contribution in [0.2, 0.25) is 0 Å². The second-order valence-corrected chi connectivity index (χ2v) is 5.73. The summed E-state index contributed by atoms with van der Waals surface area (Å²) < 4.78 is 5.69. The molecule has 128 valence electrons. The molecule has 0 aliphatic rings. The van der Waals surface area contributed by atoms with Crippen LogP contribution in [0.1, 0.15) is 30.7 Å². The highest BCUT2D eigenvalue weighted by molar-refractivity contribution is 7.15. The first-order chi connectivity index (χ1) is 12.0. The number of carboxylic acid groups (broad SMARTS) is 1. The Hall–Kier alpha value is -3.61. The van der Waals surface area contributed by atoms with Crippen molar-refractivity contribution in [2.75, 3.05) is 5.73 Å². The Morgan fingerprint density at radius 2 is 2.24 bits per heavy atom. The van der Waals surface area contributed by atoms with Crippen LogP contribution in [0.25, 0.3) is 5.82 Å². The zero-order valence-electron chi connectivity index (χ0n) is 12.6. The summed E-state index contributed by atoms with van der Waals surface area (Å²) in [5.74, 6) is -1.51. The van der Waals surface area contributed by atoms with Crippen LogP contribution in [0, 0.1) is 6.92 Å². The number of carboxylic acids is 1. The molecule has 3 heterocycles. The zero-order valence-corrected chi connectivity index (χ0v) is 13.4. The Morgan fingerprint density at radius 1 is 1.44 bits per heavy atom. The molecule has 0 unspecified atom stereocenters. The first-order valence-corrected chi connectivity index (χ1v) is 7.46. The number of aromatic nitrogens is 5. The molecular formula is C12H10N8O4S. The molecule has 3 aromatic rings. The fourth-order valence-corrected chi connectivity index (χ4v) is 2.54. The largest absolute Gasteiger partial charge is 0.477 e. The smallest absolute Gasteiger partial charge is 0.345 e. The Bertz CT molecular complexity index is 972. The Labute approximate surface area is 142 Å². The van der Waals surface area contributed by atoms with Gasteiger partial charge in [0.05, 0.1) is 11.9 Å². The van der Waals surface area contributed by atoms with Crippen LogP contribution in [0.5, 0.6) is 0 Å². The molecule has 1 amide bonds. The summed E-state index contributed by atoms with van der Waals surface area (Å²) in [5, 5.41) is 27.1. The van der Waals surface area contributed by atoms with E-state index in [-0.39, 0.29) is 22.2 Å². The van der Waals surface area contributed by atoms with E-state index in [0.717, 1.165) is 11.3 Å². The predicted octanol–water partition coefficient (Wildman–Crippen LogP) is 0.0645. The minimum atomic E-state index is -1.03. The number of nitrogens with two attached hydrogens (primary N) is 1. The summed E-state index contributed by atoms with van der Waals surface area (Å²) >= 11 is 1.02. The van der Waals surface area contributed by atoms with Crippen LogP contribution in [-0.2, 0) is 0 Å². The fraction of sp³-hybridized carbons (Fsp3) is 0.0833. The van der Waals surface area contributed by atoms with Crippen molar-refractivity contribution in [2.45, 2.75) is 6.92 Å². The number of nitrogens with zero attached hydrogens (tertiary/aromatic N) is 6. The number of amides is 1. The first-order valence-electron chi connectivity index (χ1n) is 6.64. The summed E-state index contributed by atoms with van der Waals surface area (Å²) in [6.07, 6.45) is 1.33. The van der Waals surface area contributed by atoms with Gasteiger partial charge in [-0.3, -0.25) is 4.79 Å². The lowest BCUT2D eigenvalue weighted by molar-refractivity contribution is 0.0702. The van der Waals surface area contributed by atoms with Crippen molar-refractivity contribution >= 4 is 35.2 Å². The van der Waals surface area contributed by atoms with Gasteiger partial charge in [-0.05, 0) is 29.4 Å². The lowest BCUT2D eigenvalue weighted by atomic mass is 10.3. The van der Waals surface area contributed by atoms with Crippen molar-refractivity contribution in [1.82, 2.24) is 30.7 Å². The maximum Gasteiger partial charge on any atom is 0.345 e. The van der Waals surface area contributed by atoms with E-state index in [4.69, 9.17) is 10.8 Å². The van der Waals surface area contributed by atoms with Gasteiger partial charge in [-0.15, -0.1) is 16.4 Å². The van der Waals surface area contributed by atoms with E-state index in [2.05, 4.69) is 35.8 Å². The Balaban J connectivity index is 1.71. The standard InChI is InChI=1S/C12H10N8O4S/c1-5-8(15-19-20(5)10-9(13)17-24-18-10)11(21)16-14-4-6-2-3-7(25-6)12(22)23/h2-4H,1H3,(H2,13,17)(H,16,21)(H,22,23). The number of hydrogen-bond acceptors (Lipinski definition) is 10. The highest BCUT2D eigenvalue weighted by Gasteiger charge is 2.20. The number of nitrogens with one attached hydrogen (secondary N) is 1. The van der Waals surface area contributed by atoms with E-state index < -0.39 is 11.9 Å². The summed E-state index contributed by atoms with van der Waals surface area (Å²) in [6, 6.07) is 3.02. The van der Waals surface area contributed by atoms with Gasteiger partial charge in [0.1, 0.15) is 4.88 Å². The molecule has 0 radical (unpaired) electrons. The van der Waals surface area contributed by atoms with E-state index >= 15 is 0 Å². The minimum absolute atomic E-state index is 0.00455. The van der Waals surface area contributed by atoms with Crippen LogP contribution in [0.3, 0.4) is 0 Å². The molecule has 0 bridgehead atoms. The normalized spacial score (nSPS) is 11.1. The van der Waals surface area contributed by atoms with Gasteiger partial charge in [0.2, 0.25) is 11.6 Å². The molecule has 0 fully saturated rings. The van der Waals surface area contributed by atoms with Gasteiger partial charge in [0, 0.05) is 4.88 Å². The molecule has 0 aliphatic carbocycles. The molecule has 3 rings (SSSR count). The van der Waals surface area contributed by atoms with E-state index in [1.165, 1.54) is 17.0 Å². The molecule has 13 heteroatoms. The molecule has 0 saturated carbocycles. The van der Waals surface area contributed by atoms with E-state index in [9.17, 15) is 9.59 Å². The summed E-state index contributed by atoms with van der Waals surface area (Å²) in [4.78, 5) is 23.7. The number of nitrogen functional groups attached to an aromatic ring is 1. The van der Waals surface area contributed by atoms with Crippen molar-refractivity contribution in [3.8, 4) is 5.82 Å². The molecule has 4 N–H and O–H groups in total. The summed E-state index contributed by atoms with van der Waals surface area (Å²) in [6.45, 7) is 1.59. The summed E-state index contributed by atoms with van der Waals surface area (Å²) in [5.41, 5.74) is 8.23.